The minimum atomic E-state index is 0.130. The van der Waals surface area contributed by atoms with Crippen LogP contribution in [0.1, 0.15) is 27.2 Å². The summed E-state index contributed by atoms with van der Waals surface area (Å²) >= 11 is 5.72. The maximum Gasteiger partial charge on any atom is 0.322 e. The summed E-state index contributed by atoms with van der Waals surface area (Å²) in [5, 5.41) is 3.22. The van der Waals surface area contributed by atoms with Crippen LogP contribution in [0.5, 0.6) is 6.01 Å². The lowest BCUT2D eigenvalue weighted by molar-refractivity contribution is 0.377. The molecular formula is C10H17ClN4O. The van der Waals surface area contributed by atoms with Crippen molar-refractivity contribution in [3.63, 3.8) is 0 Å². The molecule has 0 aliphatic heterocycles. The fourth-order valence-electron chi connectivity index (χ4n) is 1.05. The van der Waals surface area contributed by atoms with Gasteiger partial charge in [-0.1, -0.05) is 20.8 Å². The maximum absolute atomic E-state index is 5.72. The van der Waals surface area contributed by atoms with Crippen molar-refractivity contribution >= 4 is 17.5 Å². The molecule has 0 atom stereocenters. The van der Waals surface area contributed by atoms with Crippen molar-refractivity contribution in [2.24, 2.45) is 5.41 Å². The summed E-state index contributed by atoms with van der Waals surface area (Å²) in [5.74, 6) is 0.445. The van der Waals surface area contributed by atoms with E-state index in [2.05, 4.69) is 41.0 Å². The topological polar surface area (TPSA) is 59.9 Å². The Kier molecular flexibility index (Phi) is 4.29. The predicted octanol–water partition coefficient (Wildman–Crippen LogP) is 2.38. The van der Waals surface area contributed by atoms with Crippen molar-refractivity contribution in [2.75, 3.05) is 19.0 Å². The van der Waals surface area contributed by atoms with Gasteiger partial charge in [-0.15, -0.1) is 0 Å². The van der Waals surface area contributed by atoms with Gasteiger partial charge in [0.2, 0.25) is 11.2 Å². The Bertz CT molecular complexity index is 351. The molecule has 0 amide bonds. The normalized spacial score (nSPS) is 11.3. The lowest BCUT2D eigenvalue weighted by Gasteiger charge is -2.17. The van der Waals surface area contributed by atoms with Gasteiger partial charge in [-0.25, -0.2) is 0 Å². The van der Waals surface area contributed by atoms with E-state index in [4.69, 9.17) is 16.3 Å². The largest absolute Gasteiger partial charge is 0.467 e. The van der Waals surface area contributed by atoms with Gasteiger partial charge in [0, 0.05) is 6.54 Å². The van der Waals surface area contributed by atoms with E-state index in [1.165, 1.54) is 7.11 Å². The number of halogens is 1. The molecule has 0 radical (unpaired) electrons. The summed E-state index contributed by atoms with van der Waals surface area (Å²) in [4.78, 5) is 11.8. The molecule has 0 saturated heterocycles. The number of nitrogens with one attached hydrogen (secondary N) is 1. The van der Waals surface area contributed by atoms with Crippen LogP contribution >= 0.6 is 11.6 Å². The Balaban J connectivity index is 2.57. The van der Waals surface area contributed by atoms with Crippen LogP contribution in [0.2, 0.25) is 5.28 Å². The van der Waals surface area contributed by atoms with Crippen LogP contribution in [0.25, 0.3) is 0 Å². The third-order valence-electron chi connectivity index (χ3n) is 1.93. The third kappa shape index (κ3) is 4.61. The molecule has 1 aromatic rings. The van der Waals surface area contributed by atoms with Gasteiger partial charge in [-0.2, -0.15) is 15.0 Å². The molecule has 0 aliphatic carbocycles. The number of aromatic nitrogens is 3. The van der Waals surface area contributed by atoms with Crippen molar-refractivity contribution in [1.82, 2.24) is 15.0 Å². The summed E-state index contributed by atoms with van der Waals surface area (Å²) < 4.78 is 4.90. The standard InChI is InChI=1S/C10H17ClN4O/c1-10(2,3)5-6-12-8-13-7(11)14-9(15-8)16-4/h5-6H2,1-4H3,(H,12,13,14,15). The molecule has 90 valence electrons. The third-order valence-corrected chi connectivity index (χ3v) is 2.10. The van der Waals surface area contributed by atoms with Gasteiger partial charge in [0.1, 0.15) is 0 Å². The van der Waals surface area contributed by atoms with Crippen molar-refractivity contribution in [3.05, 3.63) is 5.28 Å². The second-order valence-electron chi connectivity index (χ2n) is 4.65. The predicted molar refractivity (Wildman–Crippen MR) is 64.0 cm³/mol. The molecule has 1 aromatic heterocycles. The Morgan fingerprint density at radius 3 is 2.50 bits per heavy atom. The van der Waals surface area contributed by atoms with E-state index in [9.17, 15) is 0 Å². The van der Waals surface area contributed by atoms with E-state index in [1.807, 2.05) is 0 Å². The van der Waals surface area contributed by atoms with Gasteiger partial charge in [-0.05, 0) is 23.4 Å². The molecule has 1 N–H and O–H groups in total. The van der Waals surface area contributed by atoms with Gasteiger partial charge in [0.25, 0.3) is 0 Å². The molecule has 0 aromatic carbocycles. The zero-order valence-corrected chi connectivity index (χ0v) is 10.8. The molecule has 5 nitrogen and oxygen atoms in total. The van der Waals surface area contributed by atoms with Gasteiger partial charge in [0.15, 0.2) is 0 Å². The van der Waals surface area contributed by atoms with E-state index in [0.717, 1.165) is 13.0 Å². The Hall–Kier alpha value is -1.10. The van der Waals surface area contributed by atoms with Crippen LogP contribution in [0.4, 0.5) is 5.95 Å². The summed E-state index contributed by atoms with van der Waals surface area (Å²) in [6, 6.07) is 0.221. The van der Waals surface area contributed by atoms with Gasteiger partial charge in [-0.3, -0.25) is 0 Å². The first-order chi connectivity index (χ1) is 7.40. The van der Waals surface area contributed by atoms with Crippen LogP contribution < -0.4 is 10.1 Å². The van der Waals surface area contributed by atoms with Crippen LogP contribution in [-0.2, 0) is 0 Å². The second kappa shape index (κ2) is 5.30. The summed E-state index contributed by atoms with van der Waals surface area (Å²) in [7, 11) is 1.49. The van der Waals surface area contributed by atoms with Gasteiger partial charge in [0.05, 0.1) is 7.11 Å². The highest BCUT2D eigenvalue weighted by molar-refractivity contribution is 6.28. The molecule has 16 heavy (non-hydrogen) atoms. The molecule has 1 rings (SSSR count). The van der Waals surface area contributed by atoms with E-state index in [0.29, 0.717) is 5.95 Å². The molecular weight excluding hydrogens is 228 g/mol. The highest BCUT2D eigenvalue weighted by Crippen LogP contribution is 2.18. The first-order valence-corrected chi connectivity index (χ1v) is 5.48. The van der Waals surface area contributed by atoms with E-state index in [-0.39, 0.29) is 16.7 Å². The molecule has 1 heterocycles. The molecule has 0 spiro atoms. The van der Waals surface area contributed by atoms with Gasteiger partial charge >= 0.3 is 6.01 Å². The Morgan fingerprint density at radius 1 is 1.25 bits per heavy atom. The number of rotatable bonds is 4. The minimum absolute atomic E-state index is 0.130. The van der Waals surface area contributed by atoms with Crippen molar-refractivity contribution in [2.45, 2.75) is 27.2 Å². The summed E-state index contributed by atoms with van der Waals surface area (Å²) in [5.41, 5.74) is 0.272. The molecule has 0 bridgehead atoms. The number of anilines is 1. The fourth-order valence-corrected chi connectivity index (χ4v) is 1.20. The van der Waals surface area contributed by atoms with Crippen LogP contribution in [0, 0.1) is 5.41 Å². The zero-order chi connectivity index (χ0) is 12.2. The Morgan fingerprint density at radius 2 is 1.94 bits per heavy atom. The van der Waals surface area contributed by atoms with Crippen molar-refractivity contribution < 1.29 is 4.74 Å². The second-order valence-corrected chi connectivity index (χ2v) is 4.99. The van der Waals surface area contributed by atoms with E-state index >= 15 is 0 Å². The number of ether oxygens (including phenoxy) is 1. The van der Waals surface area contributed by atoms with Crippen molar-refractivity contribution in [1.29, 1.82) is 0 Å². The van der Waals surface area contributed by atoms with Crippen LogP contribution in [0.3, 0.4) is 0 Å². The number of nitrogens with zero attached hydrogens (tertiary/aromatic N) is 3. The number of hydrogen-bond donors (Lipinski definition) is 1. The SMILES string of the molecule is COc1nc(Cl)nc(NCCC(C)(C)C)n1. The fraction of sp³-hybridized carbons (Fsp3) is 0.700. The van der Waals surface area contributed by atoms with Gasteiger partial charge < -0.3 is 10.1 Å². The highest BCUT2D eigenvalue weighted by Gasteiger charge is 2.10. The monoisotopic (exact) mass is 244 g/mol. The molecule has 6 heteroatoms. The maximum atomic E-state index is 5.72. The molecule has 0 fully saturated rings. The lowest BCUT2D eigenvalue weighted by atomic mass is 9.92. The van der Waals surface area contributed by atoms with Crippen LogP contribution in [-0.4, -0.2) is 28.6 Å². The summed E-state index contributed by atoms with van der Waals surface area (Å²) in [6.07, 6.45) is 1.01. The molecule has 0 unspecified atom stereocenters. The van der Waals surface area contributed by atoms with Crippen LogP contribution in [0.15, 0.2) is 0 Å². The Labute approximate surface area is 101 Å². The summed E-state index contributed by atoms with van der Waals surface area (Å²) in [6.45, 7) is 7.31. The molecule has 0 aliphatic rings. The van der Waals surface area contributed by atoms with E-state index in [1.54, 1.807) is 0 Å². The number of hydrogen-bond acceptors (Lipinski definition) is 5. The average Bonchev–Trinajstić information content (AvgIpc) is 2.14. The minimum Gasteiger partial charge on any atom is -0.467 e. The lowest BCUT2D eigenvalue weighted by Crippen LogP contribution is -2.14. The average molecular weight is 245 g/mol. The first kappa shape index (κ1) is 13.0. The first-order valence-electron chi connectivity index (χ1n) is 5.10. The quantitative estimate of drug-likeness (QED) is 0.881. The highest BCUT2D eigenvalue weighted by atomic mass is 35.5. The van der Waals surface area contributed by atoms with E-state index < -0.39 is 0 Å². The zero-order valence-electron chi connectivity index (χ0n) is 10.0. The van der Waals surface area contributed by atoms with Crippen molar-refractivity contribution in [3.8, 4) is 6.01 Å². The smallest absolute Gasteiger partial charge is 0.322 e. The molecule has 0 saturated carbocycles. The number of methoxy groups -OCH3 is 1.